The largest absolute Gasteiger partial charge is 0.480 e. The van der Waals surface area contributed by atoms with Crippen LogP contribution in [0, 0.1) is 0 Å². The smallest absolute Gasteiger partial charge is 0.322 e. The van der Waals surface area contributed by atoms with Gasteiger partial charge in [-0.2, -0.15) is 0 Å². The number of hydrogen-bond donors (Lipinski definition) is 3. The molecular weight excluding hydrogens is 232 g/mol. The number of thiophene rings is 1. The van der Waals surface area contributed by atoms with Crippen molar-refractivity contribution in [3.63, 3.8) is 0 Å². The molecule has 0 aliphatic rings. The van der Waals surface area contributed by atoms with Crippen molar-refractivity contribution >= 4 is 29.1 Å². The summed E-state index contributed by atoms with van der Waals surface area (Å²) in [5.41, 5.74) is 0. The van der Waals surface area contributed by atoms with Crippen molar-refractivity contribution in [3.8, 4) is 0 Å². The lowest BCUT2D eigenvalue weighted by molar-refractivity contribution is -0.137. The Balaban J connectivity index is 2.27. The van der Waals surface area contributed by atoms with Gasteiger partial charge in [0, 0.05) is 0 Å². The molecule has 0 aromatic carbocycles. The molecule has 0 unspecified atom stereocenters. The van der Waals surface area contributed by atoms with Crippen molar-refractivity contribution in [1.82, 2.24) is 10.6 Å². The molecule has 0 fully saturated rings. The molecule has 2 amide bonds. The lowest BCUT2D eigenvalue weighted by atomic mass is 10.4. The van der Waals surface area contributed by atoms with Crippen molar-refractivity contribution in [1.29, 1.82) is 0 Å². The summed E-state index contributed by atoms with van der Waals surface area (Å²) >= 11 is 1.26. The van der Waals surface area contributed by atoms with Crippen LogP contribution in [-0.4, -0.2) is 36.0 Å². The van der Waals surface area contributed by atoms with E-state index in [1.165, 1.54) is 11.3 Å². The highest BCUT2D eigenvalue weighted by Crippen LogP contribution is 2.07. The number of carboxylic acids is 1. The lowest BCUT2D eigenvalue weighted by Gasteiger charge is -2.03. The van der Waals surface area contributed by atoms with E-state index in [1.54, 1.807) is 17.5 Å². The van der Waals surface area contributed by atoms with Gasteiger partial charge in [0.25, 0.3) is 5.91 Å². The first-order chi connectivity index (χ1) is 7.59. The van der Waals surface area contributed by atoms with Gasteiger partial charge >= 0.3 is 5.97 Å². The first-order valence-electron chi connectivity index (χ1n) is 4.40. The quantitative estimate of drug-likeness (QED) is 0.659. The Morgan fingerprint density at radius 3 is 2.56 bits per heavy atom. The van der Waals surface area contributed by atoms with E-state index < -0.39 is 18.4 Å². The average molecular weight is 242 g/mol. The zero-order valence-electron chi connectivity index (χ0n) is 8.23. The number of nitrogens with one attached hydrogen (secondary N) is 2. The van der Waals surface area contributed by atoms with E-state index in [0.29, 0.717) is 4.88 Å². The van der Waals surface area contributed by atoms with Gasteiger partial charge in [0.2, 0.25) is 5.91 Å². The molecule has 1 rings (SSSR count). The summed E-state index contributed by atoms with van der Waals surface area (Å²) in [7, 11) is 0. The molecule has 1 heterocycles. The Morgan fingerprint density at radius 1 is 1.25 bits per heavy atom. The Bertz CT molecular complexity index is 388. The van der Waals surface area contributed by atoms with Gasteiger partial charge in [0.05, 0.1) is 11.4 Å². The predicted molar refractivity (Wildman–Crippen MR) is 57.3 cm³/mol. The molecule has 3 N–H and O–H groups in total. The fraction of sp³-hybridized carbons (Fsp3) is 0.222. The first kappa shape index (κ1) is 12.2. The number of carboxylic acid groups (broad SMARTS) is 1. The van der Waals surface area contributed by atoms with Gasteiger partial charge in [-0.05, 0) is 11.4 Å². The van der Waals surface area contributed by atoms with Crippen LogP contribution in [0.2, 0.25) is 0 Å². The van der Waals surface area contributed by atoms with Crippen LogP contribution in [0.3, 0.4) is 0 Å². The molecule has 0 saturated carbocycles. The Labute approximate surface area is 95.3 Å². The minimum atomic E-state index is -1.13. The maximum Gasteiger partial charge on any atom is 0.322 e. The lowest BCUT2D eigenvalue weighted by Crippen LogP contribution is -2.38. The summed E-state index contributed by atoms with van der Waals surface area (Å²) in [6.45, 7) is -0.683. The van der Waals surface area contributed by atoms with Gasteiger partial charge in [-0.25, -0.2) is 0 Å². The van der Waals surface area contributed by atoms with Crippen molar-refractivity contribution in [2.45, 2.75) is 0 Å². The van der Waals surface area contributed by atoms with Gasteiger partial charge in [-0.15, -0.1) is 11.3 Å². The van der Waals surface area contributed by atoms with E-state index in [9.17, 15) is 14.4 Å². The number of amides is 2. The average Bonchev–Trinajstić information content (AvgIpc) is 2.76. The summed E-state index contributed by atoms with van der Waals surface area (Å²) in [6.07, 6.45) is 0. The van der Waals surface area contributed by atoms with E-state index >= 15 is 0 Å². The number of hydrogen-bond acceptors (Lipinski definition) is 4. The highest BCUT2D eigenvalue weighted by molar-refractivity contribution is 7.12. The normalized spacial score (nSPS) is 9.50. The van der Waals surface area contributed by atoms with Crippen LogP contribution in [0.25, 0.3) is 0 Å². The molecule has 0 atom stereocenters. The van der Waals surface area contributed by atoms with Crippen LogP contribution in [-0.2, 0) is 9.59 Å². The SMILES string of the molecule is O=C(O)CNC(=O)CNC(=O)c1cccs1. The topological polar surface area (TPSA) is 95.5 Å². The highest BCUT2D eigenvalue weighted by Gasteiger charge is 2.08. The van der Waals surface area contributed by atoms with Crippen LogP contribution in [0.4, 0.5) is 0 Å². The first-order valence-corrected chi connectivity index (χ1v) is 5.28. The third-order valence-electron chi connectivity index (χ3n) is 1.59. The zero-order valence-corrected chi connectivity index (χ0v) is 9.04. The molecule has 0 aliphatic heterocycles. The molecule has 0 spiro atoms. The number of carbonyl (C=O) groups excluding carboxylic acids is 2. The van der Waals surface area contributed by atoms with Crippen molar-refractivity contribution < 1.29 is 19.5 Å². The molecule has 86 valence electrons. The fourth-order valence-corrected chi connectivity index (χ4v) is 1.53. The van der Waals surface area contributed by atoms with Gasteiger partial charge in [0.15, 0.2) is 0 Å². The maximum atomic E-state index is 11.4. The molecule has 6 nitrogen and oxygen atoms in total. The second-order valence-corrected chi connectivity index (χ2v) is 3.78. The molecule has 0 radical (unpaired) electrons. The molecule has 1 aromatic rings. The Kier molecular flexibility index (Phi) is 4.46. The zero-order chi connectivity index (χ0) is 12.0. The van der Waals surface area contributed by atoms with E-state index in [0.717, 1.165) is 0 Å². The van der Waals surface area contributed by atoms with E-state index in [1.807, 2.05) is 0 Å². The number of aliphatic carboxylic acids is 1. The second-order valence-electron chi connectivity index (χ2n) is 2.83. The molecule has 0 bridgehead atoms. The predicted octanol–water partition coefficient (Wildman–Crippen LogP) is -0.321. The van der Waals surface area contributed by atoms with Crippen LogP contribution >= 0.6 is 11.3 Å². The van der Waals surface area contributed by atoms with Gasteiger partial charge in [-0.3, -0.25) is 14.4 Å². The summed E-state index contributed by atoms with van der Waals surface area (Å²) in [5, 5.41) is 14.5. The highest BCUT2D eigenvalue weighted by atomic mass is 32.1. The Hall–Kier alpha value is -1.89. The minimum absolute atomic E-state index is 0.232. The minimum Gasteiger partial charge on any atom is -0.480 e. The van der Waals surface area contributed by atoms with E-state index in [4.69, 9.17) is 5.11 Å². The fourth-order valence-electron chi connectivity index (χ4n) is 0.892. The van der Waals surface area contributed by atoms with Crippen LogP contribution in [0.15, 0.2) is 17.5 Å². The van der Waals surface area contributed by atoms with Gasteiger partial charge in [-0.1, -0.05) is 6.07 Å². The summed E-state index contributed by atoms with van der Waals surface area (Å²) in [6, 6.07) is 3.36. The van der Waals surface area contributed by atoms with Crippen molar-refractivity contribution in [2.75, 3.05) is 13.1 Å². The molecule has 7 heteroatoms. The standard InChI is InChI=1S/C9H10N2O4S/c12-7(10-5-8(13)14)4-11-9(15)6-2-1-3-16-6/h1-3H,4-5H2,(H,10,12)(H,11,15)(H,13,14). The Morgan fingerprint density at radius 2 is 2.00 bits per heavy atom. The van der Waals surface area contributed by atoms with E-state index in [-0.39, 0.29) is 12.5 Å². The number of rotatable bonds is 5. The van der Waals surface area contributed by atoms with Crippen LogP contribution in [0.5, 0.6) is 0 Å². The molecule has 1 aromatic heterocycles. The van der Waals surface area contributed by atoms with Gasteiger partial charge < -0.3 is 15.7 Å². The van der Waals surface area contributed by atoms with Gasteiger partial charge in [0.1, 0.15) is 6.54 Å². The molecule has 0 saturated heterocycles. The molecular formula is C9H10N2O4S. The van der Waals surface area contributed by atoms with Crippen LogP contribution < -0.4 is 10.6 Å². The van der Waals surface area contributed by atoms with Crippen molar-refractivity contribution in [3.05, 3.63) is 22.4 Å². The summed E-state index contributed by atoms with van der Waals surface area (Å²) in [5.74, 6) is -2.01. The summed E-state index contributed by atoms with van der Waals surface area (Å²) < 4.78 is 0. The third kappa shape index (κ3) is 4.09. The molecule has 16 heavy (non-hydrogen) atoms. The van der Waals surface area contributed by atoms with Crippen molar-refractivity contribution in [2.24, 2.45) is 0 Å². The second kappa shape index (κ2) is 5.86. The van der Waals surface area contributed by atoms with Crippen LogP contribution in [0.1, 0.15) is 9.67 Å². The summed E-state index contributed by atoms with van der Waals surface area (Å²) in [4.78, 5) is 33.0. The third-order valence-corrected chi connectivity index (χ3v) is 2.46. The monoisotopic (exact) mass is 242 g/mol. The molecule has 0 aliphatic carbocycles. The maximum absolute atomic E-state index is 11.4. The number of carbonyl (C=O) groups is 3. The van der Waals surface area contributed by atoms with E-state index in [2.05, 4.69) is 10.6 Å².